The van der Waals surface area contributed by atoms with E-state index in [0.717, 1.165) is 22.3 Å². The Kier molecular flexibility index (Phi) is 8.39. The van der Waals surface area contributed by atoms with Crippen LogP contribution < -0.4 is 0 Å². The lowest BCUT2D eigenvalue weighted by molar-refractivity contribution is -0.141. The molecule has 5 heteroatoms. The van der Waals surface area contributed by atoms with Crippen LogP contribution in [0.3, 0.4) is 0 Å². The zero-order chi connectivity index (χ0) is 29.7. The van der Waals surface area contributed by atoms with Gasteiger partial charge in [0.25, 0.3) is 0 Å². The molecule has 212 valence electrons. The average Bonchev–Trinajstić information content (AvgIpc) is 3.19. The van der Waals surface area contributed by atoms with Crippen molar-refractivity contribution in [3.8, 4) is 0 Å². The molecule has 1 aliphatic rings. The van der Waals surface area contributed by atoms with Gasteiger partial charge in [-0.15, -0.1) is 0 Å². The predicted molar refractivity (Wildman–Crippen MR) is 165 cm³/mol. The van der Waals surface area contributed by atoms with Crippen LogP contribution in [0.1, 0.15) is 42.1 Å². The van der Waals surface area contributed by atoms with E-state index in [9.17, 15) is 9.59 Å². The number of nitrogens with zero attached hydrogens (tertiary/aromatic N) is 1. The number of hydrogen-bond donors (Lipinski definition) is 0. The Bertz CT molecular complexity index is 1550. The first-order valence-corrected chi connectivity index (χ1v) is 14.1. The quantitative estimate of drug-likeness (QED) is 0.227. The molecule has 0 amide bonds. The van der Waals surface area contributed by atoms with Crippen LogP contribution in [0.2, 0.25) is 0 Å². The van der Waals surface area contributed by atoms with Crippen molar-refractivity contribution >= 4 is 17.5 Å². The predicted octanol–water partition coefficient (Wildman–Crippen LogP) is 7.12. The molecule has 0 saturated heterocycles. The van der Waals surface area contributed by atoms with Gasteiger partial charge >= 0.3 is 11.9 Å². The first-order valence-electron chi connectivity index (χ1n) is 14.1. The molecule has 0 aromatic heterocycles. The summed E-state index contributed by atoms with van der Waals surface area (Å²) >= 11 is 0. The molecule has 0 radical (unpaired) electrons. The lowest BCUT2D eigenvalue weighted by Crippen LogP contribution is -2.47. The second-order valence-electron chi connectivity index (χ2n) is 10.5. The van der Waals surface area contributed by atoms with E-state index >= 15 is 0 Å². The molecule has 4 aromatic carbocycles. The highest BCUT2D eigenvalue weighted by Crippen LogP contribution is 2.54. The number of esters is 2. The summed E-state index contributed by atoms with van der Waals surface area (Å²) in [5.41, 5.74) is 3.85. The maximum Gasteiger partial charge on any atom is 0.355 e. The van der Waals surface area contributed by atoms with Crippen LogP contribution in [0, 0.1) is 0 Å². The third-order valence-electron chi connectivity index (χ3n) is 7.87. The molecule has 0 aliphatic carbocycles. The van der Waals surface area contributed by atoms with E-state index in [0.29, 0.717) is 5.57 Å². The van der Waals surface area contributed by atoms with Crippen molar-refractivity contribution in [2.24, 2.45) is 0 Å². The Morgan fingerprint density at radius 3 is 1.57 bits per heavy atom. The van der Waals surface area contributed by atoms with Gasteiger partial charge < -0.3 is 14.4 Å². The number of carbonyl (C=O) groups is 2. The summed E-state index contributed by atoms with van der Waals surface area (Å²) < 4.78 is 10.8. The summed E-state index contributed by atoms with van der Waals surface area (Å²) in [4.78, 5) is 29.9. The molecule has 1 aliphatic heterocycles. The first-order chi connectivity index (χ1) is 20.4. The molecule has 1 atom stereocenters. The fourth-order valence-corrected chi connectivity index (χ4v) is 6.13. The maximum atomic E-state index is 13.9. The van der Waals surface area contributed by atoms with Crippen LogP contribution in [0.5, 0.6) is 0 Å². The van der Waals surface area contributed by atoms with Crippen molar-refractivity contribution in [3.63, 3.8) is 0 Å². The van der Waals surface area contributed by atoms with Crippen LogP contribution in [-0.2, 0) is 24.5 Å². The van der Waals surface area contributed by atoms with Crippen LogP contribution in [0.4, 0.5) is 0 Å². The molecular weight excluding hydrogens is 522 g/mol. The molecule has 0 fully saturated rings. The monoisotopic (exact) mass is 557 g/mol. The molecule has 0 spiro atoms. The van der Waals surface area contributed by atoms with Gasteiger partial charge in [-0.25, -0.2) is 9.59 Å². The van der Waals surface area contributed by atoms with Crippen molar-refractivity contribution < 1.29 is 19.1 Å². The van der Waals surface area contributed by atoms with E-state index in [-0.39, 0.29) is 17.3 Å². The minimum Gasteiger partial charge on any atom is -0.465 e. The van der Waals surface area contributed by atoms with Crippen LogP contribution in [0.25, 0.3) is 5.57 Å². The van der Waals surface area contributed by atoms with E-state index in [1.54, 1.807) is 0 Å². The molecule has 5 nitrogen and oxygen atoms in total. The Morgan fingerprint density at radius 2 is 1.12 bits per heavy atom. The average molecular weight is 558 g/mol. The number of benzene rings is 4. The SMILES string of the molecule is COC(=O)C1=C(C(=O)OC)N(C(C)C)C(c2ccccc2)C(c2ccccc2)(c2ccccc2)C=C1c1ccccc1. The largest absolute Gasteiger partial charge is 0.465 e. The molecule has 1 unspecified atom stereocenters. The highest BCUT2D eigenvalue weighted by molar-refractivity contribution is 6.13. The Labute approximate surface area is 247 Å². The first kappa shape index (κ1) is 28.6. The molecular formula is C37H35NO4. The van der Waals surface area contributed by atoms with Gasteiger partial charge in [0.2, 0.25) is 0 Å². The lowest BCUT2D eigenvalue weighted by Gasteiger charge is -2.48. The van der Waals surface area contributed by atoms with E-state index in [4.69, 9.17) is 9.47 Å². The van der Waals surface area contributed by atoms with Gasteiger partial charge in [0.05, 0.1) is 31.2 Å². The summed E-state index contributed by atoms with van der Waals surface area (Å²) in [5.74, 6) is -1.22. The van der Waals surface area contributed by atoms with Crippen LogP contribution >= 0.6 is 0 Å². The third-order valence-corrected chi connectivity index (χ3v) is 7.87. The lowest BCUT2D eigenvalue weighted by atomic mass is 9.65. The van der Waals surface area contributed by atoms with E-state index in [1.165, 1.54) is 14.2 Å². The fraction of sp³-hybridized carbons (Fsp3) is 0.189. The number of rotatable bonds is 7. The molecule has 1 heterocycles. The number of carbonyl (C=O) groups excluding carboxylic acids is 2. The van der Waals surface area contributed by atoms with Gasteiger partial charge in [-0.1, -0.05) is 127 Å². The van der Waals surface area contributed by atoms with Crippen molar-refractivity contribution in [1.29, 1.82) is 0 Å². The Balaban J connectivity index is 2.07. The van der Waals surface area contributed by atoms with Gasteiger partial charge in [0.1, 0.15) is 5.70 Å². The van der Waals surface area contributed by atoms with Crippen LogP contribution in [-0.4, -0.2) is 37.1 Å². The van der Waals surface area contributed by atoms with Crippen molar-refractivity contribution in [3.05, 3.63) is 161 Å². The second kappa shape index (κ2) is 12.3. The highest BCUT2D eigenvalue weighted by atomic mass is 16.5. The fourth-order valence-electron chi connectivity index (χ4n) is 6.13. The molecule has 4 aromatic rings. The maximum absolute atomic E-state index is 13.9. The van der Waals surface area contributed by atoms with Gasteiger partial charge in [0, 0.05) is 6.04 Å². The molecule has 5 rings (SSSR count). The van der Waals surface area contributed by atoms with Crippen LogP contribution in [0.15, 0.2) is 139 Å². The Hall–Kier alpha value is -4.90. The summed E-state index contributed by atoms with van der Waals surface area (Å²) in [6.45, 7) is 4.06. The summed E-state index contributed by atoms with van der Waals surface area (Å²) in [7, 11) is 2.69. The van der Waals surface area contributed by atoms with E-state index < -0.39 is 23.4 Å². The van der Waals surface area contributed by atoms with E-state index in [2.05, 4.69) is 42.5 Å². The second-order valence-corrected chi connectivity index (χ2v) is 10.5. The standard InChI is InChI=1S/C37H35NO4/c1-26(2)38-33(36(40)42-4)32(35(39)41-3)31(27-17-9-5-10-18-27)25-37(29-21-13-7-14-22-29,30-23-15-8-16-24-30)34(38)28-19-11-6-12-20-28/h5-26,34H,1-4H3. The van der Waals surface area contributed by atoms with Crippen molar-refractivity contribution in [1.82, 2.24) is 4.90 Å². The Morgan fingerprint density at radius 1 is 0.667 bits per heavy atom. The zero-order valence-corrected chi connectivity index (χ0v) is 24.4. The van der Waals surface area contributed by atoms with Gasteiger partial charge in [-0.05, 0) is 41.7 Å². The van der Waals surface area contributed by atoms with Gasteiger partial charge in [-0.3, -0.25) is 0 Å². The molecule has 0 N–H and O–H groups in total. The summed E-state index contributed by atoms with van der Waals surface area (Å²) in [6, 6.07) is 39.7. The smallest absolute Gasteiger partial charge is 0.355 e. The number of hydrogen-bond acceptors (Lipinski definition) is 5. The molecule has 42 heavy (non-hydrogen) atoms. The minimum absolute atomic E-state index is 0.164. The summed E-state index contributed by atoms with van der Waals surface area (Å²) in [5, 5.41) is 0. The van der Waals surface area contributed by atoms with Gasteiger partial charge in [0.15, 0.2) is 0 Å². The number of methoxy groups -OCH3 is 2. The van der Waals surface area contributed by atoms with Crippen molar-refractivity contribution in [2.45, 2.75) is 31.3 Å². The zero-order valence-electron chi connectivity index (χ0n) is 24.4. The van der Waals surface area contributed by atoms with E-state index in [1.807, 2.05) is 104 Å². The third kappa shape index (κ3) is 5.03. The summed E-state index contributed by atoms with van der Waals surface area (Å²) in [6.07, 6.45) is 2.15. The molecule has 0 saturated carbocycles. The normalized spacial score (nSPS) is 16.5. The topological polar surface area (TPSA) is 55.8 Å². The number of ether oxygens (including phenoxy) is 2. The minimum atomic E-state index is -0.867. The van der Waals surface area contributed by atoms with Gasteiger partial charge in [-0.2, -0.15) is 0 Å². The highest BCUT2D eigenvalue weighted by Gasteiger charge is 2.51. The van der Waals surface area contributed by atoms with Crippen molar-refractivity contribution in [2.75, 3.05) is 14.2 Å². The molecule has 0 bridgehead atoms.